The van der Waals surface area contributed by atoms with Crippen molar-refractivity contribution in [3.05, 3.63) is 64.3 Å². The number of pyridine rings is 1. The highest BCUT2D eigenvalue weighted by atomic mass is 14.9. The lowest BCUT2D eigenvalue weighted by Gasteiger charge is -2.17. The molecule has 1 saturated carbocycles. The molecule has 28 heavy (non-hydrogen) atoms. The van der Waals surface area contributed by atoms with Crippen LogP contribution in [0.15, 0.2) is 36.4 Å². The average Bonchev–Trinajstić information content (AvgIpc) is 3.20. The number of aromatic nitrogens is 1. The van der Waals surface area contributed by atoms with Crippen LogP contribution in [0.4, 0.5) is 0 Å². The van der Waals surface area contributed by atoms with Crippen molar-refractivity contribution in [1.82, 2.24) is 0 Å². The van der Waals surface area contributed by atoms with Gasteiger partial charge in [-0.05, 0) is 78.3 Å². The second kappa shape index (κ2) is 7.35. The van der Waals surface area contributed by atoms with Gasteiger partial charge in [-0.2, -0.15) is 4.57 Å². The molecule has 2 aromatic carbocycles. The zero-order chi connectivity index (χ0) is 20.0. The van der Waals surface area contributed by atoms with Crippen LogP contribution in [0, 0.1) is 20.8 Å². The van der Waals surface area contributed by atoms with Crippen molar-refractivity contribution in [3.8, 4) is 11.3 Å². The summed E-state index contributed by atoms with van der Waals surface area (Å²) in [4.78, 5) is 0. The minimum atomic E-state index is 0.538. The van der Waals surface area contributed by atoms with Crippen LogP contribution in [0.1, 0.15) is 79.3 Å². The summed E-state index contributed by atoms with van der Waals surface area (Å²) in [7, 11) is 2.23. The minimum absolute atomic E-state index is 0.538. The predicted molar refractivity (Wildman–Crippen MR) is 120 cm³/mol. The molecule has 1 aliphatic rings. The molecular formula is C27H34N+. The lowest BCUT2D eigenvalue weighted by molar-refractivity contribution is -0.665. The lowest BCUT2D eigenvalue weighted by Crippen LogP contribution is -2.35. The molecule has 1 aliphatic carbocycles. The third-order valence-corrected chi connectivity index (χ3v) is 7.00. The molecule has 0 bridgehead atoms. The van der Waals surface area contributed by atoms with Gasteiger partial charge in [-0.3, -0.25) is 0 Å². The Morgan fingerprint density at radius 2 is 1.64 bits per heavy atom. The van der Waals surface area contributed by atoms with Gasteiger partial charge in [-0.1, -0.05) is 44.9 Å². The average molecular weight is 373 g/mol. The van der Waals surface area contributed by atoms with Crippen LogP contribution in [0.2, 0.25) is 0 Å². The fourth-order valence-corrected chi connectivity index (χ4v) is 4.90. The zero-order valence-electron chi connectivity index (χ0n) is 18.4. The molecule has 4 rings (SSSR count). The molecule has 0 saturated heterocycles. The van der Waals surface area contributed by atoms with Gasteiger partial charge in [0.05, 0.1) is 10.9 Å². The molecule has 0 aliphatic heterocycles. The SMILES string of the molecule is Cc1cc(C2CCCC2)cc(-c2c3cc(C(C)C)ccc3cc(C)[n+]2C)c1C. The van der Waals surface area contributed by atoms with Crippen molar-refractivity contribution >= 4 is 10.8 Å². The van der Waals surface area contributed by atoms with E-state index < -0.39 is 0 Å². The van der Waals surface area contributed by atoms with Crippen LogP contribution in [-0.4, -0.2) is 0 Å². The Morgan fingerprint density at radius 3 is 2.32 bits per heavy atom. The molecule has 0 N–H and O–H groups in total. The van der Waals surface area contributed by atoms with E-state index >= 15 is 0 Å². The summed E-state index contributed by atoms with van der Waals surface area (Å²) in [5, 5.41) is 2.73. The molecule has 1 nitrogen and oxygen atoms in total. The summed E-state index contributed by atoms with van der Waals surface area (Å²) in [5.41, 5.74) is 9.90. The van der Waals surface area contributed by atoms with Crippen molar-refractivity contribution in [2.24, 2.45) is 7.05 Å². The van der Waals surface area contributed by atoms with E-state index in [1.807, 2.05) is 0 Å². The first-order valence-electron chi connectivity index (χ1n) is 10.9. The van der Waals surface area contributed by atoms with Crippen molar-refractivity contribution in [1.29, 1.82) is 0 Å². The first-order chi connectivity index (χ1) is 13.4. The number of hydrogen-bond acceptors (Lipinski definition) is 0. The monoisotopic (exact) mass is 372 g/mol. The molecule has 0 unspecified atom stereocenters. The number of hydrogen-bond donors (Lipinski definition) is 0. The maximum atomic E-state index is 2.51. The van der Waals surface area contributed by atoms with Gasteiger partial charge < -0.3 is 0 Å². The molecular weight excluding hydrogens is 338 g/mol. The van der Waals surface area contributed by atoms with Crippen molar-refractivity contribution in [2.45, 2.75) is 72.1 Å². The largest absolute Gasteiger partial charge is 0.220 e. The molecule has 0 spiro atoms. The third-order valence-electron chi connectivity index (χ3n) is 7.00. The molecule has 1 heterocycles. The lowest BCUT2D eigenvalue weighted by atomic mass is 9.88. The molecule has 146 valence electrons. The second-order valence-corrected chi connectivity index (χ2v) is 9.19. The molecule has 1 aromatic heterocycles. The Hall–Kier alpha value is -2.15. The quantitative estimate of drug-likeness (QED) is 0.434. The maximum Gasteiger partial charge on any atom is 0.220 e. The summed E-state index contributed by atoms with van der Waals surface area (Å²) in [6.07, 6.45) is 5.46. The Labute approximate surface area is 170 Å². The van der Waals surface area contributed by atoms with Gasteiger partial charge in [0.25, 0.3) is 0 Å². The van der Waals surface area contributed by atoms with Gasteiger partial charge in [-0.25, -0.2) is 0 Å². The first kappa shape index (κ1) is 19.2. The Balaban J connectivity index is 2.02. The summed E-state index contributed by atoms with van der Waals surface area (Å²) in [6, 6.07) is 14.3. The summed E-state index contributed by atoms with van der Waals surface area (Å²) in [5.74, 6) is 1.28. The molecule has 1 heteroatoms. The zero-order valence-corrected chi connectivity index (χ0v) is 18.4. The smallest absolute Gasteiger partial charge is 0.198 e. The standard InChI is InChI=1S/C27H34N/c1-17(2)22-11-12-23-14-19(4)28(6)27(26(23)15-22)25-16-24(13-18(3)20(25)5)21-9-7-8-10-21/h11-17,21H,7-10H2,1-6H3/q+1. The van der Waals surface area contributed by atoms with E-state index in [1.54, 1.807) is 5.56 Å². The summed E-state index contributed by atoms with van der Waals surface area (Å²) in [6.45, 7) is 11.4. The van der Waals surface area contributed by atoms with Crippen molar-refractivity contribution in [3.63, 3.8) is 0 Å². The second-order valence-electron chi connectivity index (χ2n) is 9.19. The van der Waals surface area contributed by atoms with Crippen LogP contribution in [0.25, 0.3) is 22.0 Å². The van der Waals surface area contributed by atoms with Gasteiger partial charge >= 0.3 is 0 Å². The van der Waals surface area contributed by atoms with E-state index in [0.717, 1.165) is 5.92 Å². The van der Waals surface area contributed by atoms with E-state index in [-0.39, 0.29) is 0 Å². The number of benzene rings is 2. The van der Waals surface area contributed by atoms with Crippen LogP contribution in [-0.2, 0) is 7.05 Å². The number of aryl methyl sites for hydroxylation is 2. The fourth-order valence-electron chi connectivity index (χ4n) is 4.90. The van der Waals surface area contributed by atoms with E-state index in [2.05, 4.69) is 82.6 Å². The Morgan fingerprint density at radius 1 is 0.929 bits per heavy atom. The van der Waals surface area contributed by atoms with Crippen LogP contribution in [0.5, 0.6) is 0 Å². The van der Waals surface area contributed by atoms with E-state index in [0.29, 0.717) is 5.92 Å². The maximum absolute atomic E-state index is 2.51. The molecule has 1 fully saturated rings. The number of rotatable bonds is 3. The van der Waals surface area contributed by atoms with Crippen molar-refractivity contribution in [2.75, 3.05) is 0 Å². The Kier molecular flexibility index (Phi) is 5.04. The van der Waals surface area contributed by atoms with E-state index in [1.165, 1.54) is 70.1 Å². The first-order valence-corrected chi connectivity index (χ1v) is 10.9. The van der Waals surface area contributed by atoms with Gasteiger partial charge in [0.1, 0.15) is 7.05 Å². The highest BCUT2D eigenvalue weighted by molar-refractivity contribution is 5.94. The van der Waals surface area contributed by atoms with Gasteiger partial charge in [-0.15, -0.1) is 0 Å². The molecule has 0 radical (unpaired) electrons. The number of nitrogens with zero attached hydrogens (tertiary/aromatic N) is 1. The van der Waals surface area contributed by atoms with Gasteiger partial charge in [0, 0.05) is 13.0 Å². The van der Waals surface area contributed by atoms with E-state index in [4.69, 9.17) is 0 Å². The molecule has 0 amide bonds. The molecule has 3 aromatic rings. The predicted octanol–water partition coefficient (Wildman–Crippen LogP) is 7.04. The number of fused-ring (bicyclic) bond motifs is 1. The van der Waals surface area contributed by atoms with Crippen molar-refractivity contribution < 1.29 is 4.57 Å². The van der Waals surface area contributed by atoms with Crippen LogP contribution in [0.3, 0.4) is 0 Å². The molecule has 0 atom stereocenters. The highest BCUT2D eigenvalue weighted by Gasteiger charge is 2.24. The minimum Gasteiger partial charge on any atom is -0.198 e. The highest BCUT2D eigenvalue weighted by Crippen LogP contribution is 2.39. The van der Waals surface area contributed by atoms with Crippen LogP contribution < -0.4 is 4.57 Å². The fraction of sp³-hybridized carbons (Fsp3) is 0.444. The van der Waals surface area contributed by atoms with Gasteiger partial charge in [0.2, 0.25) is 5.69 Å². The van der Waals surface area contributed by atoms with E-state index in [9.17, 15) is 0 Å². The van der Waals surface area contributed by atoms with Crippen LogP contribution >= 0.6 is 0 Å². The summed E-state index contributed by atoms with van der Waals surface area (Å²) >= 11 is 0. The summed E-state index contributed by atoms with van der Waals surface area (Å²) < 4.78 is 2.40. The topological polar surface area (TPSA) is 3.88 Å². The Bertz CT molecular complexity index is 1040. The third kappa shape index (κ3) is 3.26. The normalized spacial score (nSPS) is 15.1. The van der Waals surface area contributed by atoms with Gasteiger partial charge in [0.15, 0.2) is 5.69 Å².